The Labute approximate surface area is 136 Å². The number of carbonyl (C=O) groups is 2. The third-order valence-electron chi connectivity index (χ3n) is 4.55. The SMILES string of the molecule is C[C@@H]1CCCCN1C(=O)CN1C(=O)c2ccccc2CS1(=O)=O. The number of hydrogen-bond donors (Lipinski definition) is 0. The van der Waals surface area contributed by atoms with Crippen molar-refractivity contribution in [1.29, 1.82) is 0 Å². The van der Waals surface area contributed by atoms with Gasteiger partial charge in [0.15, 0.2) is 0 Å². The van der Waals surface area contributed by atoms with Crippen LogP contribution >= 0.6 is 0 Å². The third-order valence-corrected chi connectivity index (χ3v) is 6.19. The van der Waals surface area contributed by atoms with Crippen LogP contribution in [-0.4, -0.2) is 48.6 Å². The van der Waals surface area contributed by atoms with Crippen LogP contribution in [-0.2, 0) is 20.6 Å². The number of benzene rings is 1. The first kappa shape index (κ1) is 16.0. The van der Waals surface area contributed by atoms with Gasteiger partial charge in [-0.3, -0.25) is 9.59 Å². The van der Waals surface area contributed by atoms with Gasteiger partial charge in [-0.1, -0.05) is 18.2 Å². The molecule has 0 radical (unpaired) electrons. The molecule has 0 saturated carbocycles. The lowest BCUT2D eigenvalue weighted by Crippen LogP contribution is -2.51. The van der Waals surface area contributed by atoms with Gasteiger partial charge >= 0.3 is 0 Å². The molecule has 0 aliphatic carbocycles. The first-order chi connectivity index (χ1) is 10.9. The van der Waals surface area contributed by atoms with E-state index >= 15 is 0 Å². The Kier molecular flexibility index (Phi) is 4.14. The first-order valence-electron chi connectivity index (χ1n) is 7.82. The van der Waals surface area contributed by atoms with Crippen molar-refractivity contribution >= 4 is 21.8 Å². The van der Waals surface area contributed by atoms with Crippen molar-refractivity contribution in [2.24, 2.45) is 0 Å². The second-order valence-corrected chi connectivity index (χ2v) is 8.05. The Hall–Kier alpha value is -1.89. The Bertz CT molecular complexity index is 744. The number of sulfonamides is 1. The molecule has 0 spiro atoms. The van der Waals surface area contributed by atoms with Gasteiger partial charge in [0.25, 0.3) is 5.91 Å². The lowest BCUT2D eigenvalue weighted by Gasteiger charge is -2.35. The van der Waals surface area contributed by atoms with Gasteiger partial charge in [0, 0.05) is 18.2 Å². The highest BCUT2D eigenvalue weighted by atomic mass is 32.2. The van der Waals surface area contributed by atoms with E-state index in [0.29, 0.717) is 17.7 Å². The summed E-state index contributed by atoms with van der Waals surface area (Å²) in [6.45, 7) is 2.18. The Morgan fingerprint density at radius 1 is 1.26 bits per heavy atom. The summed E-state index contributed by atoms with van der Waals surface area (Å²) in [5.41, 5.74) is 0.856. The fourth-order valence-corrected chi connectivity index (χ4v) is 4.70. The molecule has 2 amide bonds. The van der Waals surface area contributed by atoms with Gasteiger partial charge in [-0.25, -0.2) is 12.7 Å². The topological polar surface area (TPSA) is 74.8 Å². The quantitative estimate of drug-likeness (QED) is 0.817. The molecule has 6 nitrogen and oxygen atoms in total. The predicted molar refractivity (Wildman–Crippen MR) is 85.1 cm³/mol. The lowest BCUT2D eigenvalue weighted by atomic mass is 10.0. The zero-order valence-electron chi connectivity index (χ0n) is 13.1. The fraction of sp³-hybridized carbons (Fsp3) is 0.500. The van der Waals surface area contributed by atoms with Crippen molar-refractivity contribution in [3.8, 4) is 0 Å². The van der Waals surface area contributed by atoms with Crippen LogP contribution in [0.15, 0.2) is 24.3 Å². The minimum absolute atomic E-state index is 0.0890. The maximum absolute atomic E-state index is 12.5. The van der Waals surface area contributed by atoms with Crippen LogP contribution in [0.25, 0.3) is 0 Å². The summed E-state index contributed by atoms with van der Waals surface area (Å²) in [7, 11) is -3.80. The molecule has 1 aromatic rings. The molecule has 2 aliphatic rings. The number of likely N-dealkylation sites (tertiary alicyclic amines) is 1. The van der Waals surface area contributed by atoms with E-state index in [-0.39, 0.29) is 17.7 Å². The van der Waals surface area contributed by atoms with E-state index in [2.05, 4.69) is 0 Å². The van der Waals surface area contributed by atoms with Gasteiger partial charge in [-0.2, -0.15) is 0 Å². The monoisotopic (exact) mass is 336 g/mol. The summed E-state index contributed by atoms with van der Waals surface area (Å²) in [5, 5.41) is 0. The standard InChI is InChI=1S/C16H20N2O4S/c1-12-6-4-5-9-17(12)15(19)10-18-16(20)14-8-3-2-7-13(14)11-23(18,21)22/h2-3,7-8,12H,4-6,9-11H2,1H3/t12-/m1/s1. The number of hydrogen-bond acceptors (Lipinski definition) is 4. The van der Waals surface area contributed by atoms with E-state index in [1.807, 2.05) is 6.92 Å². The second-order valence-electron chi connectivity index (χ2n) is 6.16. The molecule has 2 heterocycles. The number of carbonyl (C=O) groups excluding carboxylic acids is 2. The van der Waals surface area contributed by atoms with Gasteiger partial charge in [0.2, 0.25) is 15.9 Å². The molecule has 0 aromatic heterocycles. The van der Waals surface area contributed by atoms with E-state index in [9.17, 15) is 18.0 Å². The maximum Gasteiger partial charge on any atom is 0.268 e. The Morgan fingerprint density at radius 3 is 2.74 bits per heavy atom. The number of fused-ring (bicyclic) bond motifs is 1. The summed E-state index contributed by atoms with van der Waals surface area (Å²) < 4.78 is 25.5. The van der Waals surface area contributed by atoms with Gasteiger partial charge in [0.05, 0.1) is 5.75 Å². The van der Waals surface area contributed by atoms with Crippen molar-refractivity contribution in [2.45, 2.75) is 38.0 Å². The van der Waals surface area contributed by atoms with Crippen molar-refractivity contribution in [2.75, 3.05) is 13.1 Å². The number of piperidine rings is 1. The summed E-state index contributed by atoms with van der Waals surface area (Å²) in [5.74, 6) is -1.14. The van der Waals surface area contributed by atoms with E-state index < -0.39 is 22.5 Å². The van der Waals surface area contributed by atoms with E-state index in [1.165, 1.54) is 0 Å². The Balaban J connectivity index is 1.84. The average Bonchev–Trinajstić information content (AvgIpc) is 2.51. The molecule has 124 valence electrons. The molecule has 1 atom stereocenters. The largest absolute Gasteiger partial charge is 0.338 e. The summed E-state index contributed by atoms with van der Waals surface area (Å²) in [6.07, 6.45) is 2.90. The van der Waals surface area contributed by atoms with Gasteiger partial charge in [0.1, 0.15) is 6.54 Å². The lowest BCUT2D eigenvalue weighted by molar-refractivity contribution is -0.134. The highest BCUT2D eigenvalue weighted by molar-refractivity contribution is 7.89. The van der Waals surface area contributed by atoms with Crippen molar-refractivity contribution in [1.82, 2.24) is 9.21 Å². The highest BCUT2D eigenvalue weighted by Gasteiger charge is 2.38. The molecule has 0 bridgehead atoms. The van der Waals surface area contributed by atoms with Crippen LogP contribution in [0.4, 0.5) is 0 Å². The number of nitrogens with zero attached hydrogens (tertiary/aromatic N) is 2. The zero-order valence-corrected chi connectivity index (χ0v) is 13.9. The summed E-state index contributed by atoms with van der Waals surface area (Å²) in [6, 6.07) is 6.73. The van der Waals surface area contributed by atoms with Crippen LogP contribution in [0.2, 0.25) is 0 Å². The molecule has 2 aliphatic heterocycles. The van der Waals surface area contributed by atoms with Crippen molar-refractivity contribution in [3.05, 3.63) is 35.4 Å². The predicted octanol–water partition coefficient (Wildman–Crippen LogP) is 1.37. The highest BCUT2D eigenvalue weighted by Crippen LogP contribution is 2.25. The molecule has 3 rings (SSSR count). The van der Waals surface area contributed by atoms with Gasteiger partial charge in [-0.15, -0.1) is 0 Å². The van der Waals surface area contributed by atoms with Gasteiger partial charge < -0.3 is 4.90 Å². The van der Waals surface area contributed by atoms with Crippen LogP contribution in [0.3, 0.4) is 0 Å². The minimum Gasteiger partial charge on any atom is -0.338 e. The van der Waals surface area contributed by atoms with Crippen molar-refractivity contribution < 1.29 is 18.0 Å². The molecule has 1 fully saturated rings. The van der Waals surface area contributed by atoms with Crippen LogP contribution in [0.1, 0.15) is 42.1 Å². The average molecular weight is 336 g/mol. The molecule has 7 heteroatoms. The van der Waals surface area contributed by atoms with E-state index in [4.69, 9.17) is 0 Å². The summed E-state index contributed by atoms with van der Waals surface area (Å²) >= 11 is 0. The number of rotatable bonds is 2. The van der Waals surface area contributed by atoms with Crippen molar-refractivity contribution in [3.63, 3.8) is 0 Å². The van der Waals surface area contributed by atoms with Crippen LogP contribution in [0.5, 0.6) is 0 Å². The van der Waals surface area contributed by atoms with Crippen LogP contribution < -0.4 is 0 Å². The first-order valence-corrected chi connectivity index (χ1v) is 9.43. The summed E-state index contributed by atoms with van der Waals surface area (Å²) in [4.78, 5) is 26.7. The fourth-order valence-electron chi connectivity index (χ4n) is 3.24. The molecular weight excluding hydrogens is 316 g/mol. The van der Waals surface area contributed by atoms with Crippen LogP contribution in [0, 0.1) is 0 Å². The maximum atomic E-state index is 12.5. The Morgan fingerprint density at radius 2 is 2.00 bits per heavy atom. The van der Waals surface area contributed by atoms with E-state index in [1.54, 1.807) is 29.2 Å². The molecule has 23 heavy (non-hydrogen) atoms. The third kappa shape index (κ3) is 2.97. The minimum atomic E-state index is -3.80. The number of amides is 2. The molecule has 1 saturated heterocycles. The van der Waals surface area contributed by atoms with E-state index in [0.717, 1.165) is 23.6 Å². The molecule has 1 aromatic carbocycles. The molecule has 0 N–H and O–H groups in total. The molecule has 0 unspecified atom stereocenters. The second kappa shape index (κ2) is 5.96. The normalized spacial score (nSPS) is 23.5. The van der Waals surface area contributed by atoms with Gasteiger partial charge in [-0.05, 0) is 37.8 Å². The zero-order chi connectivity index (χ0) is 16.6. The molecular formula is C16H20N2O4S. The smallest absolute Gasteiger partial charge is 0.268 e.